The number of hydrogen-bond donors (Lipinski definition) is 3. The van der Waals surface area contributed by atoms with Gasteiger partial charge in [0.25, 0.3) is 19.7 Å². The molecular weight excluding hydrogens is 768 g/mol. The summed E-state index contributed by atoms with van der Waals surface area (Å²) in [5.74, 6) is -0.814. The lowest BCUT2D eigenvalue weighted by atomic mass is 10.1. The van der Waals surface area contributed by atoms with Crippen LogP contribution in [-0.2, 0) is 22.7 Å². The lowest BCUT2D eigenvalue weighted by Crippen LogP contribution is -2.68. The molecule has 0 radical (unpaired) electrons. The second kappa shape index (κ2) is 17.8. The predicted octanol–water partition coefficient (Wildman–Crippen LogP) is 5.42. The van der Waals surface area contributed by atoms with Crippen LogP contribution in [0.4, 0.5) is 0 Å². The van der Waals surface area contributed by atoms with E-state index >= 15 is 0 Å². The van der Waals surface area contributed by atoms with Gasteiger partial charge in [0.05, 0.1) is 12.4 Å². The molecule has 0 aliphatic carbocycles. The van der Waals surface area contributed by atoms with Crippen molar-refractivity contribution in [2.24, 2.45) is 4.99 Å². The number of aromatic nitrogens is 2. The minimum Gasteiger partial charge on any atom is -0.405 e. The normalized spacial score (nSPS) is 23.7. The first kappa shape index (κ1) is 44.0. The van der Waals surface area contributed by atoms with Crippen LogP contribution in [0.3, 0.4) is 0 Å². The van der Waals surface area contributed by atoms with Gasteiger partial charge >= 0.3 is 13.9 Å². The molecular formula is C40H60N4O9PSi2+. The Morgan fingerprint density at radius 2 is 1.52 bits per heavy atom. The molecule has 56 heavy (non-hydrogen) atoms. The summed E-state index contributed by atoms with van der Waals surface area (Å²) >= 11 is 0. The second-order valence-electron chi connectivity index (χ2n) is 17.3. The van der Waals surface area contributed by atoms with Gasteiger partial charge in [0.2, 0.25) is 0 Å². The summed E-state index contributed by atoms with van der Waals surface area (Å²) in [7, 11) is -9.38. The maximum absolute atomic E-state index is 12.9. The lowest BCUT2D eigenvalue weighted by molar-refractivity contribution is -0.204. The van der Waals surface area contributed by atoms with Gasteiger partial charge in [-0.05, 0) is 52.8 Å². The maximum Gasteiger partial charge on any atom is 0.697 e. The minimum absolute atomic E-state index is 0.225. The molecule has 5 atom stereocenters. The number of nitrogens with one attached hydrogen (secondary N) is 1. The average molecular weight is 828 g/mol. The molecule has 3 N–H and O–H groups in total. The van der Waals surface area contributed by atoms with Crippen LogP contribution < -0.4 is 21.6 Å². The van der Waals surface area contributed by atoms with E-state index in [0.29, 0.717) is 0 Å². The van der Waals surface area contributed by atoms with Crippen LogP contribution in [0.15, 0.2) is 87.5 Å². The molecule has 0 amide bonds. The van der Waals surface area contributed by atoms with E-state index < -0.39 is 70.4 Å². The summed E-state index contributed by atoms with van der Waals surface area (Å²) in [5.41, 5.74) is -1.47. The lowest BCUT2D eigenvalue weighted by Gasteiger charge is -2.46. The Hall–Kier alpha value is -3.12. The predicted molar refractivity (Wildman–Crippen MR) is 224 cm³/mol. The van der Waals surface area contributed by atoms with Crippen molar-refractivity contribution < 1.29 is 32.7 Å². The molecule has 0 spiro atoms. The van der Waals surface area contributed by atoms with Crippen molar-refractivity contribution in [2.45, 2.75) is 121 Å². The zero-order valence-corrected chi connectivity index (χ0v) is 37.0. The molecule has 16 heteroatoms. The van der Waals surface area contributed by atoms with Crippen LogP contribution >= 0.6 is 8.25 Å². The summed E-state index contributed by atoms with van der Waals surface area (Å²) in [4.78, 5) is 44.1. The Morgan fingerprint density at radius 1 is 0.911 bits per heavy atom. The molecule has 2 aromatic carbocycles. The Kier molecular flexibility index (Phi) is 14.0. The van der Waals surface area contributed by atoms with Gasteiger partial charge in [-0.1, -0.05) is 113 Å². The highest BCUT2D eigenvalue weighted by molar-refractivity contribution is 7.32. The zero-order valence-electron chi connectivity index (χ0n) is 34.1. The molecule has 1 aromatic heterocycles. The van der Waals surface area contributed by atoms with Crippen LogP contribution in [0.2, 0.25) is 23.2 Å². The van der Waals surface area contributed by atoms with E-state index in [2.05, 4.69) is 35.6 Å². The van der Waals surface area contributed by atoms with Gasteiger partial charge in [-0.2, -0.15) is 0 Å². The fraction of sp³-hybridized carbons (Fsp3) is 0.575. The molecule has 0 saturated carbocycles. The highest BCUT2D eigenvalue weighted by Crippen LogP contribution is 2.50. The number of aromatic amines is 1. The van der Waals surface area contributed by atoms with E-state index in [4.69, 9.17) is 18.1 Å². The first-order valence-electron chi connectivity index (χ1n) is 19.6. The maximum atomic E-state index is 12.9. The number of ether oxygens (including phenoxy) is 1. The highest BCUT2D eigenvalue weighted by Gasteiger charge is 2.67. The summed E-state index contributed by atoms with van der Waals surface area (Å²) in [6, 6.07) is 20.9. The van der Waals surface area contributed by atoms with Gasteiger partial charge in [-0.3, -0.25) is 19.3 Å². The number of aliphatic hydroxyl groups is 1. The smallest absolute Gasteiger partial charge is 0.405 e. The second-order valence-corrected chi connectivity index (χ2v) is 27.0. The Bertz CT molecular complexity index is 1890. The van der Waals surface area contributed by atoms with Crippen LogP contribution in [0.25, 0.3) is 0 Å². The van der Waals surface area contributed by atoms with E-state index in [-0.39, 0.29) is 6.61 Å². The monoisotopic (exact) mass is 827 g/mol. The van der Waals surface area contributed by atoms with Crippen molar-refractivity contribution in [3.8, 4) is 0 Å². The van der Waals surface area contributed by atoms with Gasteiger partial charge < -0.3 is 23.6 Å². The number of fused-ring (bicyclic) bond motifs is 1. The largest absolute Gasteiger partial charge is 0.697 e. The van der Waals surface area contributed by atoms with E-state index in [1.54, 1.807) is 0 Å². The van der Waals surface area contributed by atoms with Crippen molar-refractivity contribution in [1.82, 2.24) is 14.5 Å². The number of benzene rings is 2. The van der Waals surface area contributed by atoms with Crippen molar-refractivity contribution in [2.75, 3.05) is 26.2 Å². The number of H-pyrrole nitrogens is 1. The SMILES string of the molecule is C1CCC2=NCCCN2CC1.CC(C)(C)[Si](C)(C)O[C@@]1(O[P+](=O)O)[C@@H](CO[Si](c2ccccc2)(c2ccccc2)C(C)(C)C)O[C@@H](n2ccc(=O)[nH]c2=O)[C@@H]1O. The molecule has 2 saturated heterocycles. The summed E-state index contributed by atoms with van der Waals surface area (Å²) in [6.07, 6.45) is 3.33. The first-order valence-corrected chi connectivity index (χ1v) is 25.5. The number of aliphatic hydroxyl groups excluding tert-OH is 1. The van der Waals surface area contributed by atoms with Crippen molar-refractivity contribution in [1.29, 1.82) is 0 Å². The molecule has 4 heterocycles. The van der Waals surface area contributed by atoms with E-state index in [9.17, 15) is 24.2 Å². The van der Waals surface area contributed by atoms with Crippen LogP contribution in [0.5, 0.6) is 0 Å². The van der Waals surface area contributed by atoms with Gasteiger partial charge in [0, 0.05) is 42.9 Å². The molecule has 3 aliphatic heterocycles. The number of nitrogens with zero attached hydrogens (tertiary/aromatic N) is 3. The van der Waals surface area contributed by atoms with Crippen LogP contribution in [-0.4, -0.2) is 91.2 Å². The molecule has 3 aliphatic rings. The molecule has 2 fully saturated rings. The summed E-state index contributed by atoms with van der Waals surface area (Å²) in [6.45, 7) is 19.4. The number of hydrogen-bond acceptors (Lipinski definition) is 10. The molecule has 1 unspecified atom stereocenters. The summed E-state index contributed by atoms with van der Waals surface area (Å²) in [5, 5.41) is 13.1. The Balaban J connectivity index is 0.000000463. The third-order valence-electron chi connectivity index (χ3n) is 11.4. The minimum atomic E-state index is -3.33. The molecule has 0 bridgehead atoms. The van der Waals surface area contributed by atoms with Crippen LogP contribution in [0.1, 0.15) is 79.9 Å². The van der Waals surface area contributed by atoms with Crippen molar-refractivity contribution in [3.63, 3.8) is 0 Å². The van der Waals surface area contributed by atoms with Gasteiger partial charge in [-0.15, -0.1) is 4.89 Å². The van der Waals surface area contributed by atoms with E-state index in [1.165, 1.54) is 57.2 Å². The number of rotatable bonds is 10. The van der Waals surface area contributed by atoms with Crippen molar-refractivity contribution >= 4 is 41.1 Å². The molecule has 6 rings (SSSR count). The fourth-order valence-corrected chi connectivity index (χ4v) is 14.1. The number of amidine groups is 1. The number of aliphatic imine (C=N–C) groups is 1. The quantitative estimate of drug-likeness (QED) is 0.137. The fourth-order valence-electron chi connectivity index (χ4n) is 7.56. The Labute approximate surface area is 333 Å². The molecule has 13 nitrogen and oxygen atoms in total. The van der Waals surface area contributed by atoms with E-state index in [1.807, 2.05) is 94.5 Å². The Morgan fingerprint density at radius 3 is 2.07 bits per heavy atom. The molecule has 306 valence electrons. The standard InChI is InChI=1S/C31H43N2O9PSi2.C9H16N2/c1-29(2,3)44(7,8)42-31(41-43(37)38)24(40-27(26(31)35)33-20-19-25(34)32-28(33)36)21-39-45(30(4,5)6,22-15-11-9-12-16-22)23-17-13-10-14-18-23;1-2-5-9-10-6-4-8-11(9)7-3-1/h9-20,24,26-27,35H,21H2,1-8H3,(H-,32,34,36,37,38);1-8H2/p+1/t24-,26+,27-,31+;/m1./s1. The van der Waals surface area contributed by atoms with E-state index in [0.717, 1.165) is 27.6 Å². The zero-order chi connectivity index (χ0) is 40.9. The summed E-state index contributed by atoms with van der Waals surface area (Å²) < 4.78 is 39.4. The highest BCUT2D eigenvalue weighted by atomic mass is 31.1. The third kappa shape index (κ3) is 9.43. The van der Waals surface area contributed by atoms with Crippen molar-refractivity contribution in [3.05, 3.63) is 93.8 Å². The topological polar surface area (TPSA) is 165 Å². The molecule has 3 aromatic rings. The van der Waals surface area contributed by atoms with Gasteiger partial charge in [0.15, 0.2) is 20.6 Å². The van der Waals surface area contributed by atoms with Gasteiger partial charge in [0.1, 0.15) is 6.10 Å². The third-order valence-corrected chi connectivity index (χ3v) is 21.3. The van der Waals surface area contributed by atoms with Crippen LogP contribution in [0, 0.1) is 0 Å². The van der Waals surface area contributed by atoms with Gasteiger partial charge in [-0.25, -0.2) is 4.79 Å². The first-order chi connectivity index (χ1) is 26.3. The average Bonchev–Trinajstić information content (AvgIpc) is 3.25.